The highest BCUT2D eigenvalue weighted by Gasteiger charge is 2.21. The molecular weight excluding hydrogens is 358 g/mol. The lowest BCUT2D eigenvalue weighted by atomic mass is 9.86. The van der Waals surface area contributed by atoms with Crippen LogP contribution in [0.15, 0.2) is 12.1 Å². The van der Waals surface area contributed by atoms with Gasteiger partial charge in [-0.3, -0.25) is 0 Å². The number of nitrogen functional groups attached to an aromatic ring is 1. The summed E-state index contributed by atoms with van der Waals surface area (Å²) in [6, 6.07) is 3.51. The summed E-state index contributed by atoms with van der Waals surface area (Å²) < 4.78 is 5.99. The molecule has 1 rings (SSSR count). The van der Waals surface area contributed by atoms with Crippen LogP contribution >= 0.6 is 0 Å². The van der Waals surface area contributed by atoms with Gasteiger partial charge in [0.1, 0.15) is 11.5 Å². The molecule has 3 N–H and O–H groups in total. The molecule has 3 nitrogen and oxygen atoms in total. The number of phenolic OH excluding ortho intramolecular Hbond substituents is 1. The van der Waals surface area contributed by atoms with E-state index in [-0.39, 0.29) is 11.2 Å². The SMILES string of the molecule is CCCCCCCCCCCCCCCCOc1cc(O)c(N)cc1C(C)(C)C. The van der Waals surface area contributed by atoms with Crippen molar-refractivity contribution in [2.24, 2.45) is 0 Å². The molecular formula is C26H47NO2. The maximum atomic E-state index is 9.91. The average Bonchev–Trinajstić information content (AvgIpc) is 2.66. The maximum Gasteiger partial charge on any atom is 0.142 e. The predicted octanol–water partition coefficient (Wildman–Crippen LogP) is 8.13. The topological polar surface area (TPSA) is 55.5 Å². The molecule has 0 aliphatic carbocycles. The van der Waals surface area contributed by atoms with E-state index in [9.17, 15) is 5.11 Å². The van der Waals surface area contributed by atoms with Crippen LogP contribution in [0.3, 0.4) is 0 Å². The number of benzene rings is 1. The summed E-state index contributed by atoms with van der Waals surface area (Å²) in [4.78, 5) is 0. The van der Waals surface area contributed by atoms with Crippen LogP contribution in [0.2, 0.25) is 0 Å². The van der Waals surface area contributed by atoms with E-state index in [0.29, 0.717) is 12.3 Å². The third-order valence-corrected chi connectivity index (χ3v) is 5.69. The van der Waals surface area contributed by atoms with Gasteiger partial charge in [-0.2, -0.15) is 0 Å². The molecule has 0 heterocycles. The molecule has 29 heavy (non-hydrogen) atoms. The lowest BCUT2D eigenvalue weighted by molar-refractivity contribution is 0.295. The van der Waals surface area contributed by atoms with Gasteiger partial charge in [-0.25, -0.2) is 0 Å². The van der Waals surface area contributed by atoms with Gasteiger partial charge in [-0.1, -0.05) is 111 Å². The Morgan fingerprint density at radius 2 is 1.21 bits per heavy atom. The van der Waals surface area contributed by atoms with Gasteiger partial charge < -0.3 is 15.6 Å². The molecule has 1 aromatic rings. The molecule has 168 valence electrons. The van der Waals surface area contributed by atoms with Crippen molar-refractivity contribution in [3.8, 4) is 11.5 Å². The molecule has 0 spiro atoms. The Labute approximate surface area is 180 Å². The number of phenols is 1. The second-order valence-corrected chi connectivity index (χ2v) is 9.60. The van der Waals surface area contributed by atoms with Gasteiger partial charge in [0.25, 0.3) is 0 Å². The summed E-state index contributed by atoms with van der Waals surface area (Å²) in [6.07, 6.45) is 19.0. The van der Waals surface area contributed by atoms with Crippen molar-refractivity contribution in [3.63, 3.8) is 0 Å². The van der Waals surface area contributed by atoms with Crippen LogP contribution < -0.4 is 10.5 Å². The van der Waals surface area contributed by atoms with Gasteiger partial charge in [0.15, 0.2) is 0 Å². The van der Waals surface area contributed by atoms with Gasteiger partial charge in [0.05, 0.1) is 12.3 Å². The number of rotatable bonds is 16. The summed E-state index contributed by atoms with van der Waals surface area (Å²) in [6.45, 7) is 9.39. The Bertz CT molecular complexity index is 548. The first kappa shape index (κ1) is 25.7. The Kier molecular flexibility index (Phi) is 12.9. The van der Waals surface area contributed by atoms with Crippen LogP contribution in [-0.4, -0.2) is 11.7 Å². The third kappa shape index (κ3) is 11.4. The van der Waals surface area contributed by atoms with Gasteiger partial charge in [0, 0.05) is 11.6 Å². The van der Waals surface area contributed by atoms with E-state index in [1.165, 1.54) is 83.5 Å². The minimum absolute atomic E-state index is 0.0628. The van der Waals surface area contributed by atoms with Gasteiger partial charge >= 0.3 is 0 Å². The maximum absolute atomic E-state index is 9.91. The van der Waals surface area contributed by atoms with Crippen molar-refractivity contribution >= 4 is 5.69 Å². The second-order valence-electron chi connectivity index (χ2n) is 9.60. The average molecular weight is 406 g/mol. The third-order valence-electron chi connectivity index (χ3n) is 5.69. The zero-order valence-corrected chi connectivity index (χ0v) is 19.7. The predicted molar refractivity (Wildman–Crippen MR) is 127 cm³/mol. The Hall–Kier alpha value is -1.38. The van der Waals surface area contributed by atoms with E-state index < -0.39 is 0 Å². The fourth-order valence-electron chi connectivity index (χ4n) is 3.77. The first-order chi connectivity index (χ1) is 13.9. The smallest absolute Gasteiger partial charge is 0.142 e. The fourth-order valence-corrected chi connectivity index (χ4v) is 3.77. The standard InChI is InChI=1S/C26H47NO2/c1-5-6-7-8-9-10-11-12-13-14-15-16-17-18-19-29-25-21-24(28)23(27)20-22(25)26(2,3)4/h20-21,28H,5-19,27H2,1-4H3. The summed E-state index contributed by atoms with van der Waals surface area (Å²) >= 11 is 0. The molecule has 1 aromatic carbocycles. The Balaban J connectivity index is 2.06. The summed E-state index contributed by atoms with van der Waals surface area (Å²) in [7, 11) is 0. The van der Waals surface area contributed by atoms with Crippen LogP contribution in [-0.2, 0) is 5.41 Å². The quantitative estimate of drug-likeness (QED) is 0.166. The van der Waals surface area contributed by atoms with E-state index in [0.717, 1.165) is 17.7 Å². The summed E-state index contributed by atoms with van der Waals surface area (Å²) in [5.74, 6) is 0.868. The van der Waals surface area contributed by atoms with Gasteiger partial charge in [0.2, 0.25) is 0 Å². The zero-order chi connectivity index (χ0) is 21.5. The number of unbranched alkanes of at least 4 members (excludes halogenated alkanes) is 13. The molecule has 0 saturated heterocycles. The molecule has 3 heteroatoms. The second kappa shape index (κ2) is 14.6. The zero-order valence-electron chi connectivity index (χ0n) is 19.7. The highest BCUT2D eigenvalue weighted by atomic mass is 16.5. The summed E-state index contributed by atoms with van der Waals surface area (Å²) in [5, 5.41) is 9.91. The highest BCUT2D eigenvalue weighted by Crippen LogP contribution is 2.37. The van der Waals surface area contributed by atoms with Crippen molar-refractivity contribution in [1.82, 2.24) is 0 Å². The van der Waals surface area contributed by atoms with E-state index >= 15 is 0 Å². The van der Waals surface area contributed by atoms with Crippen molar-refractivity contribution in [3.05, 3.63) is 17.7 Å². The largest absolute Gasteiger partial charge is 0.506 e. The molecule has 0 radical (unpaired) electrons. The Morgan fingerprint density at radius 1 is 0.759 bits per heavy atom. The molecule has 0 aliphatic rings. The number of hydrogen-bond acceptors (Lipinski definition) is 3. The molecule has 0 amide bonds. The molecule has 0 aliphatic heterocycles. The molecule has 0 fully saturated rings. The van der Waals surface area contributed by atoms with Gasteiger partial charge in [-0.15, -0.1) is 0 Å². The van der Waals surface area contributed by atoms with E-state index in [2.05, 4.69) is 27.7 Å². The van der Waals surface area contributed by atoms with Crippen molar-refractivity contribution < 1.29 is 9.84 Å². The number of anilines is 1. The van der Waals surface area contributed by atoms with Crippen LogP contribution in [0.5, 0.6) is 11.5 Å². The molecule has 0 unspecified atom stereocenters. The summed E-state index contributed by atoms with van der Waals surface area (Å²) in [5.41, 5.74) is 7.27. The van der Waals surface area contributed by atoms with Crippen molar-refractivity contribution in [1.29, 1.82) is 0 Å². The number of hydrogen-bond donors (Lipinski definition) is 2. The van der Waals surface area contributed by atoms with Gasteiger partial charge in [-0.05, 0) is 17.9 Å². The minimum Gasteiger partial charge on any atom is -0.506 e. The first-order valence-electron chi connectivity index (χ1n) is 12.1. The van der Waals surface area contributed by atoms with E-state index in [1.54, 1.807) is 6.07 Å². The lowest BCUT2D eigenvalue weighted by Crippen LogP contribution is -2.14. The van der Waals surface area contributed by atoms with Crippen LogP contribution in [0.4, 0.5) is 5.69 Å². The van der Waals surface area contributed by atoms with Crippen LogP contribution in [0, 0.1) is 0 Å². The normalized spacial score (nSPS) is 11.7. The Morgan fingerprint density at radius 3 is 1.66 bits per heavy atom. The number of ether oxygens (including phenoxy) is 1. The monoisotopic (exact) mass is 405 g/mol. The number of aromatic hydroxyl groups is 1. The number of nitrogens with two attached hydrogens (primary N) is 1. The molecule has 0 aromatic heterocycles. The highest BCUT2D eigenvalue weighted by molar-refractivity contribution is 5.59. The minimum atomic E-state index is -0.0628. The fraction of sp³-hybridized carbons (Fsp3) is 0.769. The molecule has 0 atom stereocenters. The van der Waals surface area contributed by atoms with Crippen LogP contribution in [0.1, 0.15) is 123 Å². The van der Waals surface area contributed by atoms with Crippen molar-refractivity contribution in [2.45, 2.75) is 123 Å². The molecule has 0 bridgehead atoms. The first-order valence-corrected chi connectivity index (χ1v) is 12.1. The van der Waals surface area contributed by atoms with E-state index in [4.69, 9.17) is 10.5 Å². The molecule has 0 saturated carbocycles. The lowest BCUT2D eigenvalue weighted by Gasteiger charge is -2.23. The van der Waals surface area contributed by atoms with Crippen molar-refractivity contribution in [2.75, 3.05) is 12.3 Å². The van der Waals surface area contributed by atoms with Crippen LogP contribution in [0.25, 0.3) is 0 Å². The van der Waals surface area contributed by atoms with E-state index in [1.807, 2.05) is 6.07 Å².